The quantitative estimate of drug-likeness (QED) is 0.0940. The summed E-state index contributed by atoms with van der Waals surface area (Å²) in [5.74, 6) is 13.1. The highest BCUT2D eigenvalue weighted by Crippen LogP contribution is 2.36. The van der Waals surface area contributed by atoms with Crippen molar-refractivity contribution in [3.63, 3.8) is 0 Å². The Morgan fingerprint density at radius 3 is 1.90 bits per heavy atom. The molecular formula is C53H52N8O6. The van der Waals surface area contributed by atoms with Crippen molar-refractivity contribution in [1.82, 2.24) is 40.4 Å². The van der Waals surface area contributed by atoms with Crippen LogP contribution in [0, 0.1) is 29.6 Å². The molecule has 2 aliphatic heterocycles. The number of imidazole rings is 2. The largest absolute Gasteiger partial charge is 0.453 e. The molecule has 4 atom stereocenters. The summed E-state index contributed by atoms with van der Waals surface area (Å²) in [7, 11) is 2.55. The molecule has 1 unspecified atom stereocenters. The number of H-pyrrole nitrogens is 2. The Kier molecular flexibility index (Phi) is 14.1. The van der Waals surface area contributed by atoms with E-state index < -0.39 is 24.3 Å². The molecule has 0 spiro atoms. The van der Waals surface area contributed by atoms with Crippen molar-refractivity contribution < 1.29 is 28.7 Å². The molecule has 340 valence electrons. The van der Waals surface area contributed by atoms with Crippen molar-refractivity contribution in [2.45, 2.75) is 63.7 Å². The van der Waals surface area contributed by atoms with Crippen LogP contribution in [0.15, 0.2) is 116 Å². The minimum atomic E-state index is -0.918. The molecule has 0 radical (unpaired) electrons. The molecule has 0 saturated carbocycles. The number of aromatic amines is 2. The van der Waals surface area contributed by atoms with E-state index in [9.17, 15) is 19.2 Å². The van der Waals surface area contributed by atoms with Crippen LogP contribution in [0.5, 0.6) is 0 Å². The summed E-state index contributed by atoms with van der Waals surface area (Å²) in [4.78, 5) is 71.8. The van der Waals surface area contributed by atoms with Gasteiger partial charge in [-0.05, 0) is 89.3 Å². The predicted octanol–water partition coefficient (Wildman–Crippen LogP) is 8.34. The summed E-state index contributed by atoms with van der Waals surface area (Å²) in [6.45, 7) is 4.85. The summed E-state index contributed by atoms with van der Waals surface area (Å²) < 4.78 is 9.63. The van der Waals surface area contributed by atoms with E-state index >= 15 is 0 Å². The summed E-state index contributed by atoms with van der Waals surface area (Å²) in [5, 5.41) is 5.41. The number of nitrogens with one attached hydrogen (secondary N) is 4. The first kappa shape index (κ1) is 45.5. The standard InChI is InChI=1S/C53H52N8O6/c1-34(2)46(58-52(64)66-3)50(62)60-29-14-22-45(60)49-55-33-43(57-49)40-28-27-37(42(31-40)38-25-23-36(24-26-38)35-15-7-5-8-16-35)17-11-12-20-41-32-54-48(56-41)44-21-13-30-61(44)51(63)47(59-53(65)67-4)39-18-9-6-10-19-39/h5-10,15-16,18-19,23-28,31-34,44-47H,13-14,21-22,29-30H2,1-4H3,(H,54,56)(H,55,57)(H,58,64)(H,59,65)/t44?,45-,46-,47+/m0/s1. The van der Waals surface area contributed by atoms with Crippen molar-refractivity contribution in [3.05, 3.63) is 144 Å². The van der Waals surface area contributed by atoms with Crippen LogP contribution in [0.4, 0.5) is 9.59 Å². The molecule has 0 bridgehead atoms. The fourth-order valence-electron chi connectivity index (χ4n) is 8.74. The molecule has 0 aliphatic carbocycles. The molecule has 2 saturated heterocycles. The second-order valence-electron chi connectivity index (χ2n) is 16.8. The average molecular weight is 897 g/mol. The molecule has 4 N–H and O–H groups in total. The Hall–Kier alpha value is -8.10. The minimum Gasteiger partial charge on any atom is -0.453 e. The zero-order chi connectivity index (χ0) is 46.9. The van der Waals surface area contributed by atoms with Crippen LogP contribution in [0.1, 0.15) is 86.1 Å². The smallest absolute Gasteiger partial charge is 0.407 e. The second-order valence-corrected chi connectivity index (χ2v) is 16.8. The number of methoxy groups -OCH3 is 2. The molecule has 4 heterocycles. The van der Waals surface area contributed by atoms with Crippen molar-refractivity contribution in [3.8, 4) is 57.2 Å². The van der Waals surface area contributed by atoms with Crippen LogP contribution >= 0.6 is 0 Å². The van der Waals surface area contributed by atoms with Crippen LogP contribution in [0.3, 0.4) is 0 Å². The van der Waals surface area contributed by atoms with Gasteiger partial charge in [-0.15, -0.1) is 0 Å². The molecule has 2 aromatic heterocycles. The maximum absolute atomic E-state index is 13.9. The number of amides is 4. The highest BCUT2D eigenvalue weighted by atomic mass is 16.5. The van der Waals surface area contributed by atoms with E-state index in [-0.39, 0.29) is 29.8 Å². The lowest BCUT2D eigenvalue weighted by molar-refractivity contribution is -0.135. The Labute approximate surface area is 389 Å². The lowest BCUT2D eigenvalue weighted by Gasteiger charge is -2.30. The van der Waals surface area contributed by atoms with Crippen LogP contribution in [0.25, 0.3) is 33.5 Å². The third-order valence-corrected chi connectivity index (χ3v) is 12.2. The van der Waals surface area contributed by atoms with Gasteiger partial charge in [0.15, 0.2) is 0 Å². The lowest BCUT2D eigenvalue weighted by Crippen LogP contribution is -2.51. The van der Waals surface area contributed by atoms with Crippen molar-refractivity contribution >= 4 is 24.0 Å². The third kappa shape index (κ3) is 10.4. The number of benzene rings is 4. The summed E-state index contributed by atoms with van der Waals surface area (Å²) in [6.07, 6.45) is 5.11. The Morgan fingerprint density at radius 1 is 0.657 bits per heavy atom. The molecule has 14 heteroatoms. The first-order valence-electron chi connectivity index (χ1n) is 22.4. The van der Waals surface area contributed by atoms with Gasteiger partial charge in [-0.1, -0.05) is 111 Å². The van der Waals surface area contributed by atoms with E-state index in [4.69, 9.17) is 14.5 Å². The number of hydrogen-bond donors (Lipinski definition) is 4. The first-order valence-corrected chi connectivity index (χ1v) is 22.4. The molecule has 4 aromatic carbocycles. The minimum absolute atomic E-state index is 0.142. The number of rotatable bonds is 11. The molecule has 14 nitrogen and oxygen atoms in total. The number of alkyl carbamates (subject to hydrolysis) is 2. The Balaban J connectivity index is 1.04. The van der Waals surface area contributed by atoms with Gasteiger partial charge in [0.1, 0.15) is 29.4 Å². The Morgan fingerprint density at radius 2 is 1.22 bits per heavy atom. The van der Waals surface area contributed by atoms with Gasteiger partial charge in [-0.3, -0.25) is 9.59 Å². The van der Waals surface area contributed by atoms with Crippen LogP contribution < -0.4 is 10.6 Å². The summed E-state index contributed by atoms with van der Waals surface area (Å²) >= 11 is 0. The van der Waals surface area contributed by atoms with Gasteiger partial charge < -0.3 is 39.9 Å². The van der Waals surface area contributed by atoms with Gasteiger partial charge in [0.25, 0.3) is 5.91 Å². The zero-order valence-electron chi connectivity index (χ0n) is 37.8. The highest BCUT2D eigenvalue weighted by molar-refractivity contribution is 5.88. The fraction of sp³-hybridized carbons (Fsp3) is 0.283. The monoisotopic (exact) mass is 896 g/mol. The van der Waals surface area contributed by atoms with E-state index in [1.807, 2.05) is 62.4 Å². The Bertz CT molecular complexity index is 2850. The number of ether oxygens (including phenoxy) is 2. The van der Waals surface area contributed by atoms with Gasteiger partial charge in [0, 0.05) is 24.2 Å². The van der Waals surface area contributed by atoms with E-state index in [1.54, 1.807) is 34.3 Å². The highest BCUT2D eigenvalue weighted by Gasteiger charge is 2.39. The molecule has 2 fully saturated rings. The van der Waals surface area contributed by atoms with E-state index in [2.05, 4.69) is 91.7 Å². The van der Waals surface area contributed by atoms with Crippen molar-refractivity contribution in [2.24, 2.45) is 5.92 Å². The van der Waals surface area contributed by atoms with Gasteiger partial charge in [0.2, 0.25) is 5.91 Å². The average Bonchev–Trinajstić information content (AvgIpc) is 4.22. The number of hydrogen-bond acceptors (Lipinski definition) is 8. The van der Waals surface area contributed by atoms with Gasteiger partial charge in [0.05, 0.1) is 44.4 Å². The number of aromatic nitrogens is 4. The summed E-state index contributed by atoms with van der Waals surface area (Å²) in [5.41, 5.74) is 7.73. The fourth-order valence-corrected chi connectivity index (χ4v) is 8.74. The number of nitrogens with zero attached hydrogens (tertiary/aromatic N) is 4. The lowest BCUT2D eigenvalue weighted by atomic mass is 9.95. The molecule has 6 aromatic rings. The van der Waals surface area contributed by atoms with Crippen molar-refractivity contribution in [1.29, 1.82) is 0 Å². The van der Waals surface area contributed by atoms with Gasteiger partial charge in [-0.2, -0.15) is 0 Å². The van der Waals surface area contributed by atoms with Crippen LogP contribution in [0.2, 0.25) is 0 Å². The van der Waals surface area contributed by atoms with Crippen LogP contribution in [-0.4, -0.2) is 87.1 Å². The number of carbonyl (C=O) groups excluding carboxylic acids is 4. The van der Waals surface area contributed by atoms with Gasteiger partial charge in [-0.25, -0.2) is 19.6 Å². The summed E-state index contributed by atoms with van der Waals surface area (Å²) in [6, 6.07) is 31.5. The molecule has 2 aliphatic rings. The van der Waals surface area contributed by atoms with E-state index in [1.165, 1.54) is 14.2 Å². The van der Waals surface area contributed by atoms with E-state index in [0.29, 0.717) is 42.4 Å². The number of likely N-dealkylation sites (tertiary alicyclic amines) is 2. The normalized spacial score (nSPS) is 16.3. The topological polar surface area (TPSA) is 175 Å². The molecule has 4 amide bonds. The molecule has 67 heavy (non-hydrogen) atoms. The SMILES string of the molecule is COC(=O)N[C@H](C(=O)N1CCC[C@H]1c1ncc(-c2ccc(C#CC#Cc3cnc(C4CCCN4C(=O)[C@H](NC(=O)OC)c4ccccc4)[nH]3)c(-c3ccc(-c4ccccc4)cc3)c2)[nH]1)C(C)C. The third-order valence-electron chi connectivity index (χ3n) is 12.2. The second kappa shape index (κ2) is 20.8. The van der Waals surface area contributed by atoms with E-state index in [0.717, 1.165) is 58.3 Å². The molecular weight excluding hydrogens is 845 g/mol. The number of carbonyl (C=O) groups is 4. The maximum atomic E-state index is 13.9. The first-order chi connectivity index (χ1) is 32.6. The van der Waals surface area contributed by atoms with Crippen molar-refractivity contribution in [2.75, 3.05) is 27.3 Å². The van der Waals surface area contributed by atoms with Crippen LogP contribution in [-0.2, 0) is 19.1 Å². The van der Waals surface area contributed by atoms with Gasteiger partial charge >= 0.3 is 12.2 Å². The molecule has 8 rings (SSSR count). The maximum Gasteiger partial charge on any atom is 0.407 e. The predicted molar refractivity (Wildman–Crippen MR) is 254 cm³/mol. The zero-order valence-corrected chi connectivity index (χ0v) is 37.8.